The fourth-order valence-electron chi connectivity index (χ4n) is 3.23. The topological polar surface area (TPSA) is 55.2 Å². The van der Waals surface area contributed by atoms with Crippen molar-refractivity contribution < 1.29 is 14.2 Å². The van der Waals surface area contributed by atoms with Crippen LogP contribution in [0.4, 0.5) is 4.39 Å². The minimum atomic E-state index is -1.36. The Labute approximate surface area is 162 Å². The lowest BCUT2D eigenvalue weighted by molar-refractivity contribution is 0.0991. The summed E-state index contributed by atoms with van der Waals surface area (Å²) in [6, 6.07) is 20.8. The van der Waals surface area contributed by atoms with Gasteiger partial charge in [-0.15, -0.1) is 0 Å². The maximum absolute atomic E-state index is 13.3. The van der Waals surface area contributed by atoms with Gasteiger partial charge >= 0.3 is 0 Å². The SMILES string of the molecule is COc1ccc(C(C)(O)c2nc(-c3ccc(F)cc3)nc3ccccc23)cc1. The van der Waals surface area contributed by atoms with E-state index in [9.17, 15) is 9.50 Å². The van der Waals surface area contributed by atoms with E-state index in [2.05, 4.69) is 9.97 Å². The van der Waals surface area contributed by atoms with Crippen molar-refractivity contribution in [3.05, 3.63) is 89.9 Å². The molecule has 0 amide bonds. The summed E-state index contributed by atoms with van der Waals surface area (Å²) >= 11 is 0. The normalized spacial score (nSPS) is 13.3. The van der Waals surface area contributed by atoms with E-state index in [4.69, 9.17) is 4.74 Å². The lowest BCUT2D eigenvalue weighted by Gasteiger charge is -2.25. The number of nitrogens with zero attached hydrogens (tertiary/aromatic N) is 2. The van der Waals surface area contributed by atoms with Gasteiger partial charge in [-0.2, -0.15) is 0 Å². The number of benzene rings is 3. The monoisotopic (exact) mass is 374 g/mol. The zero-order chi connectivity index (χ0) is 19.7. The molecule has 28 heavy (non-hydrogen) atoms. The summed E-state index contributed by atoms with van der Waals surface area (Å²) in [5.74, 6) is 0.816. The molecule has 4 nitrogen and oxygen atoms in total. The zero-order valence-corrected chi connectivity index (χ0v) is 15.6. The molecule has 5 heteroatoms. The second kappa shape index (κ2) is 7.02. The molecule has 0 bridgehead atoms. The number of aromatic nitrogens is 2. The van der Waals surface area contributed by atoms with Crippen LogP contribution in [0, 0.1) is 5.82 Å². The summed E-state index contributed by atoms with van der Waals surface area (Å²) in [6.45, 7) is 1.71. The van der Waals surface area contributed by atoms with Gasteiger partial charge in [0.05, 0.1) is 18.3 Å². The van der Waals surface area contributed by atoms with Crippen LogP contribution >= 0.6 is 0 Å². The summed E-state index contributed by atoms with van der Waals surface area (Å²) in [5.41, 5.74) is 1.20. The summed E-state index contributed by atoms with van der Waals surface area (Å²) in [7, 11) is 1.60. The molecule has 0 aliphatic heterocycles. The Kier molecular flexibility index (Phi) is 4.53. The highest BCUT2D eigenvalue weighted by Gasteiger charge is 2.30. The summed E-state index contributed by atoms with van der Waals surface area (Å²) < 4.78 is 18.5. The number of methoxy groups -OCH3 is 1. The minimum absolute atomic E-state index is 0.324. The molecule has 0 spiro atoms. The maximum Gasteiger partial charge on any atom is 0.160 e. The van der Waals surface area contributed by atoms with Gasteiger partial charge in [-0.05, 0) is 55.0 Å². The molecule has 0 fully saturated rings. The van der Waals surface area contributed by atoms with Gasteiger partial charge in [0.2, 0.25) is 0 Å². The van der Waals surface area contributed by atoms with Crippen LogP contribution in [-0.2, 0) is 5.60 Å². The highest BCUT2D eigenvalue weighted by molar-refractivity contribution is 5.84. The van der Waals surface area contributed by atoms with Gasteiger partial charge in [0.1, 0.15) is 17.2 Å². The van der Waals surface area contributed by atoms with Gasteiger partial charge in [-0.3, -0.25) is 0 Å². The second-order valence-corrected chi connectivity index (χ2v) is 6.72. The number of hydrogen-bond acceptors (Lipinski definition) is 4. The molecule has 140 valence electrons. The molecule has 1 heterocycles. The Morgan fingerprint density at radius 3 is 2.25 bits per heavy atom. The van der Waals surface area contributed by atoms with Gasteiger partial charge in [-0.1, -0.05) is 30.3 Å². The van der Waals surface area contributed by atoms with E-state index in [1.165, 1.54) is 12.1 Å². The lowest BCUT2D eigenvalue weighted by Crippen LogP contribution is -2.25. The Balaban J connectivity index is 1.92. The third-order valence-corrected chi connectivity index (χ3v) is 4.82. The maximum atomic E-state index is 13.3. The largest absolute Gasteiger partial charge is 0.497 e. The zero-order valence-electron chi connectivity index (χ0n) is 15.6. The Morgan fingerprint density at radius 2 is 1.57 bits per heavy atom. The van der Waals surface area contributed by atoms with Crippen LogP contribution < -0.4 is 4.74 Å². The van der Waals surface area contributed by atoms with Crippen molar-refractivity contribution in [2.75, 3.05) is 7.11 Å². The van der Waals surface area contributed by atoms with E-state index in [-0.39, 0.29) is 5.82 Å². The molecule has 0 saturated heterocycles. The molecule has 0 saturated carbocycles. The van der Waals surface area contributed by atoms with Crippen LogP contribution in [0.5, 0.6) is 5.75 Å². The first-order valence-electron chi connectivity index (χ1n) is 8.89. The highest BCUT2D eigenvalue weighted by atomic mass is 19.1. The van der Waals surface area contributed by atoms with Crippen molar-refractivity contribution >= 4 is 10.9 Å². The number of halogens is 1. The molecular weight excluding hydrogens is 355 g/mol. The first kappa shape index (κ1) is 18.1. The molecule has 0 aliphatic carbocycles. The molecule has 1 N–H and O–H groups in total. The van der Waals surface area contributed by atoms with Crippen LogP contribution in [0.1, 0.15) is 18.2 Å². The Hall–Kier alpha value is -3.31. The minimum Gasteiger partial charge on any atom is -0.497 e. The highest BCUT2D eigenvalue weighted by Crippen LogP contribution is 2.34. The Morgan fingerprint density at radius 1 is 0.893 bits per heavy atom. The number of rotatable bonds is 4. The quantitative estimate of drug-likeness (QED) is 0.563. The fraction of sp³-hybridized carbons (Fsp3) is 0.130. The number of ether oxygens (including phenoxy) is 1. The van der Waals surface area contributed by atoms with Crippen molar-refractivity contribution in [3.63, 3.8) is 0 Å². The molecule has 1 atom stereocenters. The standard InChI is InChI=1S/C23H19FN2O2/c1-23(27,16-9-13-18(28-2)14-10-16)21-19-5-3-4-6-20(19)25-22(26-21)15-7-11-17(24)12-8-15/h3-14,27H,1-2H3. The molecule has 4 aromatic rings. The van der Waals surface area contributed by atoms with Crippen LogP contribution in [-0.4, -0.2) is 22.2 Å². The van der Waals surface area contributed by atoms with Gasteiger partial charge in [0.25, 0.3) is 0 Å². The molecular formula is C23H19FN2O2. The third kappa shape index (κ3) is 3.21. The fourth-order valence-corrected chi connectivity index (χ4v) is 3.23. The first-order valence-corrected chi connectivity index (χ1v) is 8.89. The van der Waals surface area contributed by atoms with Gasteiger partial charge < -0.3 is 9.84 Å². The summed E-state index contributed by atoms with van der Waals surface area (Å²) in [4.78, 5) is 9.28. The van der Waals surface area contributed by atoms with Crippen LogP contribution in [0.3, 0.4) is 0 Å². The average Bonchev–Trinajstić information content (AvgIpc) is 2.73. The molecule has 4 rings (SSSR count). The Bertz CT molecular complexity index is 1120. The second-order valence-electron chi connectivity index (χ2n) is 6.72. The number of hydrogen-bond donors (Lipinski definition) is 1. The third-order valence-electron chi connectivity index (χ3n) is 4.82. The van der Waals surface area contributed by atoms with Gasteiger partial charge in [0, 0.05) is 10.9 Å². The van der Waals surface area contributed by atoms with Gasteiger partial charge in [-0.25, -0.2) is 14.4 Å². The lowest BCUT2D eigenvalue weighted by atomic mass is 9.89. The molecule has 3 aromatic carbocycles. The predicted octanol–water partition coefficient (Wildman–Crippen LogP) is 4.70. The van der Waals surface area contributed by atoms with E-state index in [1.807, 2.05) is 36.4 Å². The average molecular weight is 374 g/mol. The summed E-state index contributed by atoms with van der Waals surface area (Å²) in [5, 5.41) is 12.2. The predicted molar refractivity (Wildman–Crippen MR) is 107 cm³/mol. The van der Waals surface area contributed by atoms with Crippen molar-refractivity contribution in [2.45, 2.75) is 12.5 Å². The van der Waals surface area contributed by atoms with E-state index in [0.29, 0.717) is 33.9 Å². The molecule has 0 aliphatic rings. The van der Waals surface area contributed by atoms with Crippen LogP contribution in [0.25, 0.3) is 22.3 Å². The number of aliphatic hydroxyl groups is 1. The van der Waals surface area contributed by atoms with Crippen LogP contribution in [0.15, 0.2) is 72.8 Å². The first-order chi connectivity index (χ1) is 13.5. The van der Waals surface area contributed by atoms with Crippen molar-refractivity contribution in [2.24, 2.45) is 0 Å². The van der Waals surface area contributed by atoms with Crippen molar-refractivity contribution in [3.8, 4) is 17.1 Å². The summed E-state index contributed by atoms with van der Waals surface area (Å²) in [6.07, 6.45) is 0. The van der Waals surface area contributed by atoms with E-state index in [1.54, 1.807) is 38.3 Å². The van der Waals surface area contributed by atoms with Crippen molar-refractivity contribution in [1.29, 1.82) is 0 Å². The molecule has 1 aromatic heterocycles. The van der Waals surface area contributed by atoms with E-state index in [0.717, 1.165) is 5.39 Å². The number of para-hydroxylation sites is 1. The smallest absolute Gasteiger partial charge is 0.160 e. The van der Waals surface area contributed by atoms with Crippen LogP contribution in [0.2, 0.25) is 0 Å². The number of fused-ring (bicyclic) bond motifs is 1. The molecule has 0 radical (unpaired) electrons. The molecule has 1 unspecified atom stereocenters. The van der Waals surface area contributed by atoms with Gasteiger partial charge in [0.15, 0.2) is 5.82 Å². The van der Waals surface area contributed by atoms with Crippen molar-refractivity contribution in [1.82, 2.24) is 9.97 Å². The van der Waals surface area contributed by atoms with E-state index < -0.39 is 5.60 Å². The van der Waals surface area contributed by atoms with E-state index >= 15 is 0 Å².